The Bertz CT molecular complexity index is 343. The second kappa shape index (κ2) is 5.35. The molecule has 0 aliphatic heterocycles. The summed E-state index contributed by atoms with van der Waals surface area (Å²) in [6, 6.07) is -1.95. The van der Waals surface area contributed by atoms with E-state index >= 15 is 0 Å². The number of carboxylic acid groups (broad SMARTS) is 1. The first-order valence-corrected chi connectivity index (χ1v) is 6.87. The van der Waals surface area contributed by atoms with Crippen molar-refractivity contribution < 1.29 is 43.1 Å². The molecule has 0 rings (SSSR count). The summed E-state index contributed by atoms with van der Waals surface area (Å²) < 4.78 is 24.9. The quantitative estimate of drug-likeness (QED) is 0.318. The molecule has 10 nitrogen and oxygen atoms in total. The smallest absolute Gasteiger partial charge is 0.469 e. The maximum Gasteiger partial charge on any atom is 0.469 e. The number of carbonyl (C=O) groups is 1. The van der Waals surface area contributed by atoms with Crippen molar-refractivity contribution in [2.75, 3.05) is 0 Å². The van der Waals surface area contributed by atoms with Gasteiger partial charge >= 0.3 is 21.5 Å². The molecular formula is C4H11NO9P2. The lowest BCUT2D eigenvalue weighted by molar-refractivity contribution is -0.141. The molecule has 0 saturated heterocycles. The number of nitrogens with one attached hydrogen (secondary N) is 1. The molecule has 0 spiro atoms. The van der Waals surface area contributed by atoms with E-state index in [4.69, 9.17) is 24.7 Å². The Balaban J connectivity index is 4.74. The zero-order valence-electron chi connectivity index (χ0n) is 7.92. The van der Waals surface area contributed by atoms with Gasteiger partial charge in [0, 0.05) is 0 Å². The van der Waals surface area contributed by atoms with Crippen molar-refractivity contribution in [1.29, 1.82) is 0 Å². The number of aliphatic carboxylic acids is 1. The highest BCUT2D eigenvalue weighted by Crippen LogP contribution is 2.39. The van der Waals surface area contributed by atoms with Crippen molar-refractivity contribution in [3.8, 4) is 0 Å². The van der Waals surface area contributed by atoms with E-state index in [1.54, 1.807) is 0 Å². The highest BCUT2D eigenvalue weighted by molar-refractivity contribution is 7.49. The zero-order valence-corrected chi connectivity index (χ0v) is 9.71. The van der Waals surface area contributed by atoms with Crippen LogP contribution in [0.25, 0.3) is 0 Å². The molecular weight excluding hydrogens is 268 g/mol. The van der Waals surface area contributed by atoms with Gasteiger partial charge in [0.25, 0.3) is 0 Å². The fraction of sp³-hybridized carbons (Fsp3) is 0.750. The summed E-state index contributed by atoms with van der Waals surface area (Å²) in [7, 11) is -9.80. The van der Waals surface area contributed by atoms with Crippen molar-refractivity contribution in [1.82, 2.24) is 5.09 Å². The van der Waals surface area contributed by atoms with Gasteiger partial charge in [-0.25, -0.2) is 14.2 Å². The van der Waals surface area contributed by atoms with Crippen molar-refractivity contribution >= 4 is 21.5 Å². The average Bonchev–Trinajstić information content (AvgIpc) is 1.94. The lowest BCUT2D eigenvalue weighted by Crippen LogP contribution is -2.43. The maximum atomic E-state index is 10.6. The molecule has 0 saturated carbocycles. The summed E-state index contributed by atoms with van der Waals surface area (Å²) >= 11 is 0. The van der Waals surface area contributed by atoms with Crippen LogP contribution in [-0.2, 0) is 18.4 Å². The van der Waals surface area contributed by atoms with Crippen LogP contribution in [0.5, 0.6) is 0 Å². The Morgan fingerprint density at radius 2 is 1.69 bits per heavy atom. The number of carboxylic acids is 1. The molecule has 6 N–H and O–H groups in total. The second-order valence-electron chi connectivity index (χ2n) is 2.79. The van der Waals surface area contributed by atoms with Crippen molar-refractivity contribution in [2.24, 2.45) is 0 Å². The van der Waals surface area contributed by atoms with Crippen LogP contribution in [-0.4, -0.2) is 42.8 Å². The molecule has 12 heteroatoms. The standard InChI is InChI=1S/C4H11NO9P2/c1-2(14-16(11,12)13)3(4(6)7)5-15(8,9)10/h2-3H,1H3,(H,6,7)(H2,11,12,13)(H3,5,8,9,10)/t2-,3+/m1/s1. The predicted molar refractivity (Wildman–Crippen MR) is 49.2 cm³/mol. The number of phosphoric acid groups is 1. The third kappa shape index (κ3) is 7.04. The summed E-state index contributed by atoms with van der Waals surface area (Å²) in [5.41, 5.74) is 0. The SMILES string of the molecule is C[C@@H](OP(=O)(O)O)[C@H](NP(=O)(O)O)C(=O)O. The molecule has 0 aromatic rings. The van der Waals surface area contributed by atoms with Crippen LogP contribution in [0.4, 0.5) is 0 Å². The van der Waals surface area contributed by atoms with E-state index in [2.05, 4.69) is 4.52 Å². The molecule has 0 aromatic carbocycles. The largest absolute Gasteiger partial charge is 0.480 e. The first-order valence-electron chi connectivity index (χ1n) is 3.72. The minimum absolute atomic E-state index is 0.945. The summed E-state index contributed by atoms with van der Waals surface area (Å²) in [6.07, 6.45) is -1.63. The summed E-state index contributed by atoms with van der Waals surface area (Å²) in [5, 5.41) is 9.94. The molecule has 0 amide bonds. The first kappa shape index (κ1) is 15.7. The second-order valence-corrected chi connectivity index (χ2v) is 5.33. The Morgan fingerprint density at radius 3 is 1.94 bits per heavy atom. The predicted octanol–water partition coefficient (Wildman–Crippen LogP) is -1.38. The van der Waals surface area contributed by atoms with E-state index in [1.807, 2.05) is 0 Å². The minimum Gasteiger partial charge on any atom is -0.480 e. The number of phosphoric ester groups is 1. The van der Waals surface area contributed by atoms with Crippen LogP contribution in [0.15, 0.2) is 0 Å². The van der Waals surface area contributed by atoms with Crippen LogP contribution in [0.3, 0.4) is 0 Å². The fourth-order valence-corrected chi connectivity index (χ4v) is 2.06. The van der Waals surface area contributed by atoms with Crippen LogP contribution in [0, 0.1) is 0 Å². The Morgan fingerprint density at radius 1 is 1.25 bits per heavy atom. The Kier molecular flexibility index (Phi) is 5.24. The molecule has 0 aliphatic rings. The lowest BCUT2D eigenvalue weighted by atomic mass is 10.2. The molecule has 0 radical (unpaired) electrons. The normalized spacial score (nSPS) is 16.8. The van der Waals surface area contributed by atoms with E-state index < -0.39 is 33.7 Å². The molecule has 0 aliphatic carbocycles. The van der Waals surface area contributed by atoms with E-state index in [-0.39, 0.29) is 0 Å². The zero-order chi connectivity index (χ0) is 13.1. The topological polar surface area (TPSA) is 174 Å². The average molecular weight is 279 g/mol. The van der Waals surface area contributed by atoms with Gasteiger partial charge in [0.15, 0.2) is 0 Å². The van der Waals surface area contributed by atoms with Gasteiger partial charge in [-0.3, -0.25) is 9.32 Å². The molecule has 0 bridgehead atoms. The van der Waals surface area contributed by atoms with Crippen LogP contribution >= 0.6 is 15.6 Å². The maximum absolute atomic E-state index is 10.6. The summed E-state index contributed by atoms with van der Waals surface area (Å²) in [4.78, 5) is 44.3. The fourth-order valence-electron chi connectivity index (χ4n) is 0.820. The third-order valence-electron chi connectivity index (χ3n) is 1.35. The van der Waals surface area contributed by atoms with Gasteiger partial charge in [0.1, 0.15) is 6.04 Å². The molecule has 16 heavy (non-hydrogen) atoms. The van der Waals surface area contributed by atoms with E-state index in [9.17, 15) is 13.9 Å². The molecule has 0 unspecified atom stereocenters. The molecule has 0 heterocycles. The minimum atomic E-state index is -4.94. The Labute approximate surface area is 89.7 Å². The van der Waals surface area contributed by atoms with E-state index in [0.29, 0.717) is 0 Å². The van der Waals surface area contributed by atoms with Gasteiger partial charge in [0.05, 0.1) is 6.10 Å². The van der Waals surface area contributed by atoms with Gasteiger partial charge < -0.3 is 24.7 Å². The van der Waals surface area contributed by atoms with Gasteiger partial charge in [-0.1, -0.05) is 0 Å². The van der Waals surface area contributed by atoms with Gasteiger partial charge in [-0.05, 0) is 6.92 Å². The van der Waals surface area contributed by atoms with Crippen molar-refractivity contribution in [3.63, 3.8) is 0 Å². The van der Waals surface area contributed by atoms with Crippen LogP contribution < -0.4 is 5.09 Å². The van der Waals surface area contributed by atoms with E-state index in [1.165, 1.54) is 5.09 Å². The molecule has 0 fully saturated rings. The molecule has 96 valence electrons. The Hall–Kier alpha value is -0.310. The monoisotopic (exact) mass is 279 g/mol. The third-order valence-corrected chi connectivity index (χ3v) is 2.57. The first-order chi connectivity index (χ1) is 6.92. The van der Waals surface area contributed by atoms with E-state index in [0.717, 1.165) is 6.92 Å². The van der Waals surface area contributed by atoms with Crippen molar-refractivity contribution in [2.45, 2.75) is 19.1 Å². The summed E-state index contributed by atoms with van der Waals surface area (Å²) in [6.45, 7) is 0.945. The van der Waals surface area contributed by atoms with Crippen molar-refractivity contribution in [3.05, 3.63) is 0 Å². The highest BCUT2D eigenvalue weighted by Gasteiger charge is 2.34. The number of hydrogen-bond acceptors (Lipinski definition) is 4. The van der Waals surface area contributed by atoms with Gasteiger partial charge in [-0.15, -0.1) is 0 Å². The van der Waals surface area contributed by atoms with Crippen LogP contribution in [0.1, 0.15) is 6.92 Å². The highest BCUT2D eigenvalue weighted by atomic mass is 31.2. The lowest BCUT2D eigenvalue weighted by Gasteiger charge is -2.22. The molecule has 0 aromatic heterocycles. The molecule has 2 atom stereocenters. The number of rotatable bonds is 6. The van der Waals surface area contributed by atoms with Crippen LogP contribution in [0.2, 0.25) is 0 Å². The summed E-state index contributed by atoms with van der Waals surface area (Å²) in [5.74, 6) is -1.72. The van der Waals surface area contributed by atoms with Gasteiger partial charge in [0.2, 0.25) is 0 Å². The van der Waals surface area contributed by atoms with Gasteiger partial charge in [-0.2, -0.15) is 0 Å². The number of hydrogen-bond donors (Lipinski definition) is 6.